The molecule has 1 aromatic heterocycles. The Labute approximate surface area is 127 Å². The van der Waals surface area contributed by atoms with Crippen molar-refractivity contribution in [1.82, 2.24) is 9.97 Å². The molecule has 1 heterocycles. The zero-order chi connectivity index (χ0) is 15.3. The molecule has 1 aromatic rings. The molecule has 0 saturated heterocycles. The van der Waals surface area contributed by atoms with Gasteiger partial charge in [0.2, 0.25) is 0 Å². The molecule has 0 aliphatic rings. The highest BCUT2D eigenvalue weighted by molar-refractivity contribution is 5.47. The molecule has 0 bridgehead atoms. The molecule has 2 N–H and O–H groups in total. The van der Waals surface area contributed by atoms with Gasteiger partial charge in [-0.05, 0) is 19.8 Å². The van der Waals surface area contributed by atoms with Gasteiger partial charge in [0.15, 0.2) is 0 Å². The third kappa shape index (κ3) is 7.82. The Kier molecular flexibility index (Phi) is 9.48. The van der Waals surface area contributed by atoms with Crippen LogP contribution in [-0.2, 0) is 15.9 Å². The Bertz CT molecular complexity index is 388. The molecule has 21 heavy (non-hydrogen) atoms. The number of ether oxygens (including phenoxy) is 2. The summed E-state index contributed by atoms with van der Waals surface area (Å²) in [6.45, 7) is 7.97. The van der Waals surface area contributed by atoms with Gasteiger partial charge in [0, 0.05) is 39.3 Å². The molecule has 0 saturated carbocycles. The Morgan fingerprint density at radius 1 is 1.00 bits per heavy atom. The lowest BCUT2D eigenvalue weighted by atomic mass is 10.3. The van der Waals surface area contributed by atoms with Crippen LogP contribution in [-0.4, -0.2) is 50.0 Å². The number of aryl methyl sites for hydroxylation is 1. The second kappa shape index (κ2) is 11.3. The fourth-order valence-corrected chi connectivity index (χ4v) is 1.81. The maximum atomic E-state index is 5.43. The van der Waals surface area contributed by atoms with Gasteiger partial charge in [-0.2, -0.15) is 0 Å². The Morgan fingerprint density at radius 2 is 1.76 bits per heavy atom. The van der Waals surface area contributed by atoms with Gasteiger partial charge in [0.05, 0.1) is 13.2 Å². The Morgan fingerprint density at radius 3 is 2.43 bits per heavy atom. The van der Waals surface area contributed by atoms with Crippen LogP contribution in [0, 0.1) is 0 Å². The van der Waals surface area contributed by atoms with Crippen LogP contribution in [0.5, 0.6) is 0 Å². The predicted octanol–water partition coefficient (Wildman–Crippen LogP) is 2.33. The molecular formula is C15H28N4O2. The number of rotatable bonds is 12. The van der Waals surface area contributed by atoms with E-state index in [1.807, 2.05) is 6.07 Å². The summed E-state index contributed by atoms with van der Waals surface area (Å²) in [4.78, 5) is 8.92. The van der Waals surface area contributed by atoms with Crippen LogP contribution in [0.15, 0.2) is 6.07 Å². The summed E-state index contributed by atoms with van der Waals surface area (Å²) in [7, 11) is 1.68. The normalized spacial score (nSPS) is 10.6. The van der Waals surface area contributed by atoms with E-state index in [1.54, 1.807) is 7.11 Å². The van der Waals surface area contributed by atoms with Gasteiger partial charge in [-0.15, -0.1) is 0 Å². The van der Waals surface area contributed by atoms with Crippen molar-refractivity contribution in [2.45, 2.75) is 33.1 Å². The second-order valence-electron chi connectivity index (χ2n) is 4.68. The molecule has 1 rings (SSSR count). The molecule has 0 aromatic carbocycles. The highest BCUT2D eigenvalue weighted by atomic mass is 16.5. The monoisotopic (exact) mass is 296 g/mol. The average molecular weight is 296 g/mol. The van der Waals surface area contributed by atoms with E-state index < -0.39 is 0 Å². The van der Waals surface area contributed by atoms with Crippen molar-refractivity contribution in [2.24, 2.45) is 0 Å². The van der Waals surface area contributed by atoms with E-state index in [-0.39, 0.29) is 0 Å². The molecular weight excluding hydrogens is 268 g/mol. The Balaban J connectivity index is 2.26. The molecule has 6 nitrogen and oxygen atoms in total. The van der Waals surface area contributed by atoms with Crippen molar-refractivity contribution in [2.75, 3.05) is 50.7 Å². The minimum absolute atomic E-state index is 0.659. The number of methoxy groups -OCH3 is 1. The van der Waals surface area contributed by atoms with E-state index in [0.29, 0.717) is 13.2 Å². The molecule has 0 radical (unpaired) electrons. The largest absolute Gasteiger partial charge is 0.382 e. The predicted molar refractivity (Wildman–Crippen MR) is 86.0 cm³/mol. The third-order valence-corrected chi connectivity index (χ3v) is 2.90. The van der Waals surface area contributed by atoms with Gasteiger partial charge in [0.1, 0.15) is 17.5 Å². The topological polar surface area (TPSA) is 68.3 Å². The second-order valence-corrected chi connectivity index (χ2v) is 4.68. The first kappa shape index (κ1) is 17.7. The minimum Gasteiger partial charge on any atom is -0.382 e. The number of aromatic nitrogens is 2. The molecule has 6 heteroatoms. The summed E-state index contributed by atoms with van der Waals surface area (Å²) in [5.74, 6) is 2.63. The van der Waals surface area contributed by atoms with Gasteiger partial charge in [0.25, 0.3) is 0 Å². The molecule has 0 unspecified atom stereocenters. The average Bonchev–Trinajstić information content (AvgIpc) is 2.50. The van der Waals surface area contributed by atoms with Crippen molar-refractivity contribution in [3.63, 3.8) is 0 Å². The first-order valence-corrected chi connectivity index (χ1v) is 7.72. The smallest absolute Gasteiger partial charge is 0.132 e. The maximum absolute atomic E-state index is 5.43. The Hall–Kier alpha value is -1.40. The van der Waals surface area contributed by atoms with Crippen molar-refractivity contribution in [3.8, 4) is 0 Å². The lowest BCUT2D eigenvalue weighted by molar-refractivity contribution is 0.0691. The van der Waals surface area contributed by atoms with Crippen molar-refractivity contribution < 1.29 is 9.47 Å². The molecule has 0 fully saturated rings. The highest BCUT2D eigenvalue weighted by Gasteiger charge is 2.02. The first-order chi connectivity index (χ1) is 10.3. The van der Waals surface area contributed by atoms with Crippen LogP contribution in [0.2, 0.25) is 0 Å². The SMILES string of the molecule is CCNc1cc(NCCCCOCCOC)nc(CC)n1. The van der Waals surface area contributed by atoms with Crippen LogP contribution >= 0.6 is 0 Å². The zero-order valence-corrected chi connectivity index (χ0v) is 13.4. The molecule has 120 valence electrons. The van der Waals surface area contributed by atoms with Crippen LogP contribution in [0.3, 0.4) is 0 Å². The number of nitrogens with zero attached hydrogens (tertiary/aromatic N) is 2. The summed E-state index contributed by atoms with van der Waals surface area (Å²) in [5.41, 5.74) is 0. The van der Waals surface area contributed by atoms with Gasteiger partial charge >= 0.3 is 0 Å². The number of hydrogen-bond acceptors (Lipinski definition) is 6. The molecule has 0 amide bonds. The molecule has 0 aliphatic heterocycles. The fraction of sp³-hybridized carbons (Fsp3) is 0.733. The fourth-order valence-electron chi connectivity index (χ4n) is 1.81. The van der Waals surface area contributed by atoms with Gasteiger partial charge < -0.3 is 20.1 Å². The van der Waals surface area contributed by atoms with E-state index in [1.165, 1.54) is 0 Å². The summed E-state index contributed by atoms with van der Waals surface area (Å²) >= 11 is 0. The summed E-state index contributed by atoms with van der Waals surface area (Å²) in [6, 6.07) is 1.96. The standard InChI is InChI=1S/C15H28N4O2/c1-4-13-18-14(16-5-2)12-15(19-13)17-8-6-7-9-21-11-10-20-3/h12H,4-11H2,1-3H3,(H2,16,17,18,19). The lowest BCUT2D eigenvalue weighted by Gasteiger charge is -2.10. The number of nitrogens with one attached hydrogen (secondary N) is 2. The van der Waals surface area contributed by atoms with Crippen molar-refractivity contribution >= 4 is 11.6 Å². The van der Waals surface area contributed by atoms with Crippen LogP contribution in [0.4, 0.5) is 11.6 Å². The number of unbranched alkanes of at least 4 members (excludes halogenated alkanes) is 1. The summed E-state index contributed by atoms with van der Waals surface area (Å²) < 4.78 is 10.3. The minimum atomic E-state index is 0.659. The van der Waals surface area contributed by atoms with E-state index in [2.05, 4.69) is 34.4 Å². The summed E-state index contributed by atoms with van der Waals surface area (Å²) in [6.07, 6.45) is 2.92. The van der Waals surface area contributed by atoms with Crippen molar-refractivity contribution in [1.29, 1.82) is 0 Å². The summed E-state index contributed by atoms with van der Waals surface area (Å²) in [5, 5.41) is 6.58. The molecule has 0 spiro atoms. The van der Waals surface area contributed by atoms with Gasteiger partial charge in [-0.3, -0.25) is 0 Å². The van der Waals surface area contributed by atoms with Crippen LogP contribution in [0.25, 0.3) is 0 Å². The van der Waals surface area contributed by atoms with Crippen LogP contribution < -0.4 is 10.6 Å². The van der Waals surface area contributed by atoms with E-state index >= 15 is 0 Å². The van der Waals surface area contributed by atoms with Gasteiger partial charge in [-0.1, -0.05) is 6.92 Å². The van der Waals surface area contributed by atoms with Gasteiger partial charge in [-0.25, -0.2) is 9.97 Å². The quantitative estimate of drug-likeness (QED) is 0.577. The highest BCUT2D eigenvalue weighted by Crippen LogP contribution is 2.11. The third-order valence-electron chi connectivity index (χ3n) is 2.90. The number of anilines is 2. The lowest BCUT2D eigenvalue weighted by Crippen LogP contribution is -2.09. The molecule has 0 aliphatic carbocycles. The molecule has 0 atom stereocenters. The zero-order valence-electron chi connectivity index (χ0n) is 13.4. The van der Waals surface area contributed by atoms with E-state index in [9.17, 15) is 0 Å². The maximum Gasteiger partial charge on any atom is 0.132 e. The van der Waals surface area contributed by atoms with Crippen molar-refractivity contribution in [3.05, 3.63) is 11.9 Å². The van der Waals surface area contributed by atoms with Crippen LogP contribution in [0.1, 0.15) is 32.5 Å². The van der Waals surface area contributed by atoms with E-state index in [0.717, 1.165) is 56.4 Å². The number of hydrogen-bond donors (Lipinski definition) is 2. The van der Waals surface area contributed by atoms with E-state index in [4.69, 9.17) is 9.47 Å². The first-order valence-electron chi connectivity index (χ1n) is 7.72.